The van der Waals surface area contributed by atoms with Crippen LogP contribution in [0.5, 0.6) is 0 Å². The summed E-state index contributed by atoms with van der Waals surface area (Å²) in [6.07, 6.45) is 0. The highest BCUT2D eigenvalue weighted by Gasteiger charge is 2.24. The van der Waals surface area contributed by atoms with E-state index in [0.717, 1.165) is 12.1 Å². The molecule has 0 fully saturated rings. The molecule has 0 bridgehead atoms. The van der Waals surface area contributed by atoms with Crippen molar-refractivity contribution < 1.29 is 17.6 Å². The first-order chi connectivity index (χ1) is 8.63. The number of nitrogen functional groups attached to an aromatic ring is 1. The Morgan fingerprint density at radius 2 is 2.00 bits per heavy atom. The molecular weight excluding hydrogens is 297 g/mol. The van der Waals surface area contributed by atoms with Gasteiger partial charge in [-0.05, 0) is 26.0 Å². The third-order valence-corrected chi connectivity index (χ3v) is 3.56. The van der Waals surface area contributed by atoms with Crippen LogP contribution in [0.2, 0.25) is 5.02 Å². The molecule has 0 unspecified atom stereocenters. The van der Waals surface area contributed by atoms with Gasteiger partial charge in [0.1, 0.15) is 4.90 Å². The molecule has 0 saturated heterocycles. The topological polar surface area (TPSA) is 101 Å². The number of halogens is 2. The van der Waals surface area contributed by atoms with E-state index in [9.17, 15) is 17.6 Å². The van der Waals surface area contributed by atoms with Crippen molar-refractivity contribution in [3.8, 4) is 0 Å². The Labute approximate surface area is 115 Å². The molecule has 4 N–H and O–H groups in total. The van der Waals surface area contributed by atoms with Crippen LogP contribution in [0.15, 0.2) is 17.0 Å². The van der Waals surface area contributed by atoms with E-state index in [2.05, 4.69) is 5.32 Å². The average Bonchev–Trinajstić information content (AvgIpc) is 2.20. The van der Waals surface area contributed by atoms with Gasteiger partial charge in [0.25, 0.3) is 10.0 Å². The molecule has 0 spiro atoms. The van der Waals surface area contributed by atoms with Crippen LogP contribution in [0.3, 0.4) is 0 Å². The summed E-state index contributed by atoms with van der Waals surface area (Å²) in [6, 6.07) is 0.716. The number of nitrogens with one attached hydrogen (secondary N) is 2. The number of anilines is 1. The first kappa shape index (κ1) is 15.5. The molecule has 2 amide bonds. The lowest BCUT2D eigenvalue weighted by Gasteiger charge is -2.12. The van der Waals surface area contributed by atoms with Crippen molar-refractivity contribution in [2.75, 3.05) is 5.73 Å². The van der Waals surface area contributed by atoms with Crippen LogP contribution in [0, 0.1) is 5.82 Å². The van der Waals surface area contributed by atoms with E-state index < -0.39 is 31.8 Å². The molecule has 0 aromatic heterocycles. The molecule has 6 nitrogen and oxygen atoms in total. The van der Waals surface area contributed by atoms with Gasteiger partial charge in [0.05, 0.1) is 5.02 Å². The number of sulfonamides is 1. The number of hydrogen-bond acceptors (Lipinski definition) is 4. The highest BCUT2D eigenvalue weighted by Crippen LogP contribution is 2.25. The molecular formula is C10H13ClFN3O3S. The highest BCUT2D eigenvalue weighted by atomic mass is 35.5. The molecule has 106 valence electrons. The summed E-state index contributed by atoms with van der Waals surface area (Å²) in [5, 5.41) is 1.86. The number of rotatable bonds is 3. The lowest BCUT2D eigenvalue weighted by molar-refractivity contribution is 0.243. The quantitative estimate of drug-likeness (QED) is 0.736. The number of urea groups is 1. The van der Waals surface area contributed by atoms with E-state index in [1.165, 1.54) is 0 Å². The molecule has 0 aliphatic heterocycles. The van der Waals surface area contributed by atoms with Crippen molar-refractivity contribution in [2.45, 2.75) is 24.8 Å². The maximum atomic E-state index is 13.7. The van der Waals surface area contributed by atoms with Crippen molar-refractivity contribution >= 4 is 33.3 Å². The van der Waals surface area contributed by atoms with Crippen LogP contribution < -0.4 is 15.8 Å². The summed E-state index contributed by atoms with van der Waals surface area (Å²) in [5.41, 5.74) is 5.36. The molecule has 19 heavy (non-hydrogen) atoms. The smallest absolute Gasteiger partial charge is 0.328 e. The number of hydrogen-bond donors (Lipinski definition) is 3. The maximum absolute atomic E-state index is 13.7. The van der Waals surface area contributed by atoms with Crippen LogP contribution in [0.1, 0.15) is 13.8 Å². The Morgan fingerprint density at radius 3 is 2.53 bits per heavy atom. The summed E-state index contributed by atoms with van der Waals surface area (Å²) in [6.45, 7) is 3.29. The largest absolute Gasteiger partial charge is 0.399 e. The Kier molecular flexibility index (Phi) is 4.59. The zero-order valence-electron chi connectivity index (χ0n) is 10.2. The van der Waals surface area contributed by atoms with E-state index in [0.29, 0.717) is 0 Å². The lowest BCUT2D eigenvalue weighted by atomic mass is 10.3. The molecule has 0 saturated carbocycles. The predicted molar refractivity (Wildman–Crippen MR) is 69.8 cm³/mol. The number of carbonyl (C=O) groups excluding carboxylic acids is 1. The predicted octanol–water partition coefficient (Wildman–Crippen LogP) is 1.46. The van der Waals surface area contributed by atoms with E-state index >= 15 is 0 Å². The van der Waals surface area contributed by atoms with Crippen molar-refractivity contribution in [1.82, 2.24) is 10.0 Å². The van der Waals surface area contributed by atoms with E-state index in [-0.39, 0.29) is 11.7 Å². The molecule has 0 radical (unpaired) electrons. The molecule has 0 atom stereocenters. The zero-order valence-corrected chi connectivity index (χ0v) is 11.8. The lowest BCUT2D eigenvalue weighted by Crippen LogP contribution is -2.42. The van der Waals surface area contributed by atoms with Crippen LogP contribution in [-0.2, 0) is 10.0 Å². The number of benzene rings is 1. The maximum Gasteiger partial charge on any atom is 0.328 e. The minimum atomic E-state index is -4.38. The summed E-state index contributed by atoms with van der Waals surface area (Å²) < 4.78 is 39.0. The van der Waals surface area contributed by atoms with Gasteiger partial charge in [-0.2, -0.15) is 0 Å². The van der Waals surface area contributed by atoms with Crippen LogP contribution >= 0.6 is 11.6 Å². The van der Waals surface area contributed by atoms with Gasteiger partial charge in [-0.15, -0.1) is 0 Å². The summed E-state index contributed by atoms with van der Waals surface area (Å²) >= 11 is 5.50. The molecule has 0 aliphatic rings. The van der Waals surface area contributed by atoms with Crippen molar-refractivity contribution in [3.63, 3.8) is 0 Å². The van der Waals surface area contributed by atoms with Gasteiger partial charge in [0, 0.05) is 11.7 Å². The Balaban J connectivity index is 3.11. The fourth-order valence-electron chi connectivity index (χ4n) is 1.25. The summed E-state index contributed by atoms with van der Waals surface area (Å²) in [4.78, 5) is 10.6. The monoisotopic (exact) mass is 309 g/mol. The van der Waals surface area contributed by atoms with Crippen LogP contribution in [0.4, 0.5) is 14.9 Å². The number of nitrogens with two attached hydrogens (primary N) is 1. The summed E-state index contributed by atoms with van der Waals surface area (Å²) in [5.74, 6) is -1.17. The first-order valence-electron chi connectivity index (χ1n) is 5.21. The first-order valence-corrected chi connectivity index (χ1v) is 7.07. The third-order valence-electron chi connectivity index (χ3n) is 1.95. The summed E-state index contributed by atoms with van der Waals surface area (Å²) in [7, 11) is -4.38. The second kappa shape index (κ2) is 5.62. The number of carbonyl (C=O) groups is 1. The molecule has 1 aromatic rings. The van der Waals surface area contributed by atoms with E-state index in [1.807, 2.05) is 0 Å². The Morgan fingerprint density at radius 1 is 1.42 bits per heavy atom. The fourth-order valence-corrected chi connectivity index (χ4v) is 2.58. The minimum Gasteiger partial charge on any atom is -0.399 e. The van der Waals surface area contributed by atoms with Crippen LogP contribution in [-0.4, -0.2) is 20.5 Å². The van der Waals surface area contributed by atoms with E-state index in [4.69, 9.17) is 17.3 Å². The van der Waals surface area contributed by atoms with Crippen molar-refractivity contribution in [2.24, 2.45) is 0 Å². The SMILES string of the molecule is CC(C)NC(=O)NS(=O)(=O)c1cc(N)cc(Cl)c1F. The Bertz CT molecular complexity index is 604. The van der Waals surface area contributed by atoms with Crippen molar-refractivity contribution in [3.05, 3.63) is 23.0 Å². The number of amides is 2. The fraction of sp³-hybridized carbons (Fsp3) is 0.300. The standard InChI is InChI=1S/C10H13ClFN3O3S/c1-5(2)14-10(16)15-19(17,18)8-4-6(13)3-7(11)9(8)12/h3-5H,13H2,1-2H3,(H2,14,15,16). The van der Waals surface area contributed by atoms with Crippen LogP contribution in [0.25, 0.3) is 0 Å². The molecule has 0 aliphatic carbocycles. The Hall–Kier alpha value is -1.54. The van der Waals surface area contributed by atoms with Gasteiger partial charge in [-0.3, -0.25) is 0 Å². The zero-order chi connectivity index (χ0) is 14.8. The van der Waals surface area contributed by atoms with Gasteiger partial charge in [-0.25, -0.2) is 22.3 Å². The van der Waals surface area contributed by atoms with Gasteiger partial charge in [0.15, 0.2) is 5.82 Å². The van der Waals surface area contributed by atoms with Gasteiger partial charge < -0.3 is 11.1 Å². The molecule has 1 rings (SSSR count). The van der Waals surface area contributed by atoms with E-state index in [1.54, 1.807) is 18.6 Å². The molecule has 9 heteroatoms. The average molecular weight is 310 g/mol. The second-order valence-electron chi connectivity index (χ2n) is 4.05. The highest BCUT2D eigenvalue weighted by molar-refractivity contribution is 7.90. The molecule has 0 heterocycles. The van der Waals surface area contributed by atoms with Gasteiger partial charge >= 0.3 is 6.03 Å². The van der Waals surface area contributed by atoms with Crippen molar-refractivity contribution in [1.29, 1.82) is 0 Å². The normalized spacial score (nSPS) is 11.4. The molecule has 1 aromatic carbocycles. The van der Waals surface area contributed by atoms with Gasteiger partial charge in [-0.1, -0.05) is 11.6 Å². The third kappa shape index (κ3) is 3.97. The minimum absolute atomic E-state index is 0.0314. The van der Waals surface area contributed by atoms with Gasteiger partial charge in [0.2, 0.25) is 0 Å². The second-order valence-corrected chi connectivity index (χ2v) is 6.11.